The van der Waals surface area contributed by atoms with Gasteiger partial charge in [-0.15, -0.1) is 0 Å². The third kappa shape index (κ3) is 2.98. The van der Waals surface area contributed by atoms with E-state index in [9.17, 15) is 8.42 Å². The van der Waals surface area contributed by atoms with E-state index in [1.165, 1.54) is 6.26 Å². The first-order chi connectivity index (χ1) is 10.6. The van der Waals surface area contributed by atoms with E-state index in [0.717, 1.165) is 16.5 Å². The van der Waals surface area contributed by atoms with Crippen LogP contribution in [0.2, 0.25) is 0 Å². The molecular weight excluding hydrogens is 302 g/mol. The second kappa shape index (κ2) is 5.82. The molecule has 1 aromatic heterocycles. The molecule has 0 aliphatic carbocycles. The zero-order chi connectivity index (χ0) is 15.6. The Labute approximate surface area is 128 Å². The number of sulfonamides is 1. The maximum absolute atomic E-state index is 12.3. The molecule has 1 N–H and O–H groups in total. The third-order valence-electron chi connectivity index (χ3n) is 3.35. The number of furan rings is 1. The SMILES string of the molecule is COc1ccc2cc(S(=O)(=O)NCc3ccco3)ccc2c1. The van der Waals surface area contributed by atoms with Crippen molar-refractivity contribution in [1.82, 2.24) is 4.72 Å². The average Bonchev–Trinajstić information content (AvgIpc) is 3.05. The van der Waals surface area contributed by atoms with E-state index in [-0.39, 0.29) is 11.4 Å². The monoisotopic (exact) mass is 317 g/mol. The maximum Gasteiger partial charge on any atom is 0.240 e. The van der Waals surface area contributed by atoms with Crippen LogP contribution in [0.5, 0.6) is 5.75 Å². The number of ether oxygens (including phenoxy) is 1. The van der Waals surface area contributed by atoms with Crippen molar-refractivity contribution in [2.24, 2.45) is 0 Å². The molecule has 0 atom stereocenters. The summed E-state index contributed by atoms with van der Waals surface area (Å²) in [5.41, 5.74) is 0. The Bertz CT molecular complexity index is 886. The van der Waals surface area contributed by atoms with E-state index < -0.39 is 10.0 Å². The zero-order valence-corrected chi connectivity index (χ0v) is 12.8. The van der Waals surface area contributed by atoms with Crippen molar-refractivity contribution in [3.63, 3.8) is 0 Å². The molecule has 2 aromatic carbocycles. The summed E-state index contributed by atoms with van der Waals surface area (Å²) in [6, 6.07) is 13.9. The van der Waals surface area contributed by atoms with Gasteiger partial charge in [0.05, 0.1) is 24.8 Å². The predicted molar refractivity (Wildman–Crippen MR) is 83.2 cm³/mol. The van der Waals surface area contributed by atoms with Crippen molar-refractivity contribution in [2.45, 2.75) is 11.4 Å². The van der Waals surface area contributed by atoms with Crippen LogP contribution in [0.15, 0.2) is 64.1 Å². The van der Waals surface area contributed by atoms with Crippen molar-refractivity contribution < 1.29 is 17.6 Å². The van der Waals surface area contributed by atoms with Gasteiger partial charge >= 0.3 is 0 Å². The van der Waals surface area contributed by atoms with Crippen LogP contribution in [0.4, 0.5) is 0 Å². The van der Waals surface area contributed by atoms with Gasteiger partial charge in [-0.25, -0.2) is 13.1 Å². The highest BCUT2D eigenvalue weighted by atomic mass is 32.2. The maximum atomic E-state index is 12.3. The fourth-order valence-corrected chi connectivity index (χ4v) is 3.19. The summed E-state index contributed by atoms with van der Waals surface area (Å²) in [7, 11) is -1.99. The molecule has 1 heterocycles. The molecule has 0 amide bonds. The van der Waals surface area contributed by atoms with Gasteiger partial charge < -0.3 is 9.15 Å². The Morgan fingerprint density at radius 2 is 1.86 bits per heavy atom. The Balaban J connectivity index is 1.88. The molecule has 114 valence electrons. The standard InChI is InChI=1S/C16H15NO4S/c1-20-14-6-4-13-10-16(7-5-12(13)9-14)22(18,19)17-11-15-3-2-8-21-15/h2-10,17H,11H2,1H3. The van der Waals surface area contributed by atoms with Gasteiger partial charge in [-0.1, -0.05) is 12.1 Å². The molecule has 0 saturated heterocycles. The molecule has 0 saturated carbocycles. The van der Waals surface area contributed by atoms with Gasteiger partial charge in [0.1, 0.15) is 11.5 Å². The summed E-state index contributed by atoms with van der Waals surface area (Å²) in [5, 5.41) is 1.76. The molecule has 0 aliphatic rings. The summed E-state index contributed by atoms with van der Waals surface area (Å²) in [5.74, 6) is 1.30. The van der Waals surface area contributed by atoms with Gasteiger partial charge in [0.25, 0.3) is 0 Å². The molecule has 0 bridgehead atoms. The van der Waals surface area contributed by atoms with Gasteiger partial charge in [0.15, 0.2) is 0 Å². The molecule has 6 heteroatoms. The second-order valence-corrected chi connectivity index (χ2v) is 6.55. The van der Waals surface area contributed by atoms with Crippen LogP contribution in [0.3, 0.4) is 0 Å². The fraction of sp³-hybridized carbons (Fsp3) is 0.125. The van der Waals surface area contributed by atoms with Crippen LogP contribution in [0.1, 0.15) is 5.76 Å². The fourth-order valence-electron chi connectivity index (χ4n) is 2.16. The summed E-state index contributed by atoms with van der Waals surface area (Å²) < 4.78 is 37.4. The third-order valence-corrected chi connectivity index (χ3v) is 4.74. The molecule has 3 rings (SSSR count). The van der Waals surface area contributed by atoms with Gasteiger partial charge in [-0.05, 0) is 47.2 Å². The molecular formula is C16H15NO4S. The smallest absolute Gasteiger partial charge is 0.240 e. The molecule has 0 unspecified atom stereocenters. The largest absolute Gasteiger partial charge is 0.497 e. The Morgan fingerprint density at radius 3 is 2.59 bits per heavy atom. The van der Waals surface area contributed by atoms with Crippen LogP contribution in [-0.2, 0) is 16.6 Å². The van der Waals surface area contributed by atoms with E-state index >= 15 is 0 Å². The second-order valence-electron chi connectivity index (χ2n) is 4.78. The lowest BCUT2D eigenvalue weighted by Gasteiger charge is -2.07. The number of benzene rings is 2. The van der Waals surface area contributed by atoms with E-state index in [4.69, 9.17) is 9.15 Å². The van der Waals surface area contributed by atoms with E-state index in [0.29, 0.717) is 5.76 Å². The highest BCUT2D eigenvalue weighted by molar-refractivity contribution is 7.89. The number of rotatable bonds is 5. The van der Waals surface area contributed by atoms with Crippen molar-refractivity contribution >= 4 is 20.8 Å². The zero-order valence-electron chi connectivity index (χ0n) is 11.9. The summed E-state index contributed by atoms with van der Waals surface area (Å²) in [6.07, 6.45) is 1.51. The van der Waals surface area contributed by atoms with Crippen molar-refractivity contribution in [3.05, 3.63) is 60.6 Å². The van der Waals surface area contributed by atoms with E-state index in [1.54, 1.807) is 43.5 Å². The number of hydrogen-bond acceptors (Lipinski definition) is 4. The molecule has 5 nitrogen and oxygen atoms in total. The lowest BCUT2D eigenvalue weighted by atomic mass is 10.1. The minimum atomic E-state index is -3.58. The first-order valence-corrected chi connectivity index (χ1v) is 8.17. The summed E-state index contributed by atoms with van der Waals surface area (Å²) in [6.45, 7) is 0.121. The molecule has 0 radical (unpaired) electrons. The lowest BCUT2D eigenvalue weighted by Crippen LogP contribution is -2.22. The molecule has 0 fully saturated rings. The summed E-state index contributed by atoms with van der Waals surface area (Å²) >= 11 is 0. The number of methoxy groups -OCH3 is 1. The Kier molecular flexibility index (Phi) is 3.87. The minimum absolute atomic E-state index is 0.121. The van der Waals surface area contributed by atoms with Crippen molar-refractivity contribution in [3.8, 4) is 5.75 Å². The quantitative estimate of drug-likeness (QED) is 0.785. The first kappa shape index (κ1) is 14.6. The van der Waals surface area contributed by atoms with E-state index in [1.807, 2.05) is 12.1 Å². The molecule has 0 aliphatic heterocycles. The highest BCUT2D eigenvalue weighted by Gasteiger charge is 2.15. The predicted octanol–water partition coefficient (Wildman–Crippen LogP) is 2.92. The Morgan fingerprint density at radius 1 is 1.09 bits per heavy atom. The lowest BCUT2D eigenvalue weighted by molar-refractivity contribution is 0.415. The van der Waals surface area contributed by atoms with Crippen LogP contribution < -0.4 is 9.46 Å². The van der Waals surface area contributed by atoms with Crippen molar-refractivity contribution in [2.75, 3.05) is 7.11 Å². The number of nitrogens with one attached hydrogen (secondary N) is 1. The number of fused-ring (bicyclic) bond motifs is 1. The van der Waals surface area contributed by atoms with Crippen LogP contribution >= 0.6 is 0 Å². The highest BCUT2D eigenvalue weighted by Crippen LogP contribution is 2.23. The van der Waals surface area contributed by atoms with Gasteiger partial charge in [-0.2, -0.15) is 0 Å². The minimum Gasteiger partial charge on any atom is -0.497 e. The normalized spacial score (nSPS) is 11.7. The molecule has 3 aromatic rings. The van der Waals surface area contributed by atoms with Crippen molar-refractivity contribution in [1.29, 1.82) is 0 Å². The molecule has 0 spiro atoms. The van der Waals surface area contributed by atoms with Crippen LogP contribution in [-0.4, -0.2) is 15.5 Å². The number of hydrogen-bond donors (Lipinski definition) is 1. The van der Waals surface area contributed by atoms with Crippen LogP contribution in [0.25, 0.3) is 10.8 Å². The summed E-state index contributed by atoms with van der Waals surface area (Å²) in [4.78, 5) is 0.219. The van der Waals surface area contributed by atoms with Gasteiger partial charge in [0.2, 0.25) is 10.0 Å². The average molecular weight is 317 g/mol. The van der Waals surface area contributed by atoms with Crippen LogP contribution in [0, 0.1) is 0 Å². The van der Waals surface area contributed by atoms with Gasteiger partial charge in [0, 0.05) is 0 Å². The van der Waals surface area contributed by atoms with Gasteiger partial charge in [-0.3, -0.25) is 0 Å². The Hall–Kier alpha value is -2.31. The van der Waals surface area contributed by atoms with E-state index in [2.05, 4.69) is 4.72 Å². The first-order valence-electron chi connectivity index (χ1n) is 6.68. The topological polar surface area (TPSA) is 68.5 Å². The molecule has 22 heavy (non-hydrogen) atoms.